The lowest BCUT2D eigenvalue weighted by atomic mass is 9.83. The molecule has 1 aromatic carbocycles. The van der Waals surface area contributed by atoms with Gasteiger partial charge in [-0.25, -0.2) is 0 Å². The molecule has 4 heteroatoms. The third-order valence-electron chi connectivity index (χ3n) is 4.13. The van der Waals surface area contributed by atoms with Crippen LogP contribution in [0.1, 0.15) is 64.3 Å². The van der Waals surface area contributed by atoms with Crippen molar-refractivity contribution in [2.24, 2.45) is 0 Å². The summed E-state index contributed by atoms with van der Waals surface area (Å²) in [7, 11) is 0. The standard InChI is InChI=1S/C19H29N3O/c1-7-22-13-16(20-21-22)11-14(3)17-12-15(19(4,5)6)9-10-18(17)23-8-2/h9-10,12-14H,7-8,11H2,1-6H3. The second-order valence-electron chi connectivity index (χ2n) is 7.11. The SMILES string of the molecule is CCOc1ccc(C(C)(C)C)cc1C(C)Cc1cn(CC)nn1. The average molecular weight is 315 g/mol. The van der Waals surface area contributed by atoms with Gasteiger partial charge in [0.1, 0.15) is 5.75 Å². The number of nitrogens with zero attached hydrogens (tertiary/aromatic N) is 3. The molecule has 0 amide bonds. The Labute approximate surface area is 139 Å². The fourth-order valence-electron chi connectivity index (χ4n) is 2.70. The molecule has 0 saturated heterocycles. The molecule has 0 spiro atoms. The molecule has 4 nitrogen and oxygen atoms in total. The zero-order valence-electron chi connectivity index (χ0n) is 15.3. The highest BCUT2D eigenvalue weighted by Crippen LogP contribution is 2.33. The summed E-state index contributed by atoms with van der Waals surface area (Å²) in [6.45, 7) is 14.6. The van der Waals surface area contributed by atoms with Crippen LogP contribution in [0.25, 0.3) is 0 Å². The van der Waals surface area contributed by atoms with Crippen molar-refractivity contribution in [1.29, 1.82) is 0 Å². The molecular weight excluding hydrogens is 286 g/mol. The van der Waals surface area contributed by atoms with Gasteiger partial charge >= 0.3 is 0 Å². The smallest absolute Gasteiger partial charge is 0.122 e. The molecule has 2 rings (SSSR count). The quantitative estimate of drug-likeness (QED) is 0.796. The van der Waals surface area contributed by atoms with E-state index in [0.717, 1.165) is 24.4 Å². The molecule has 0 saturated carbocycles. The third-order valence-corrected chi connectivity index (χ3v) is 4.13. The molecule has 126 valence electrons. The number of aryl methyl sites for hydroxylation is 1. The van der Waals surface area contributed by atoms with Gasteiger partial charge in [0.2, 0.25) is 0 Å². The summed E-state index contributed by atoms with van der Waals surface area (Å²) in [4.78, 5) is 0. The average Bonchev–Trinajstić information content (AvgIpc) is 2.94. The van der Waals surface area contributed by atoms with Gasteiger partial charge in [-0.15, -0.1) is 5.10 Å². The van der Waals surface area contributed by atoms with Crippen LogP contribution in [-0.2, 0) is 18.4 Å². The third kappa shape index (κ3) is 4.34. The Morgan fingerprint density at radius 3 is 2.52 bits per heavy atom. The number of aromatic nitrogens is 3. The monoisotopic (exact) mass is 315 g/mol. The zero-order chi connectivity index (χ0) is 17.0. The van der Waals surface area contributed by atoms with E-state index in [4.69, 9.17) is 4.74 Å². The van der Waals surface area contributed by atoms with E-state index in [-0.39, 0.29) is 5.41 Å². The Bertz CT molecular complexity index is 640. The highest BCUT2D eigenvalue weighted by molar-refractivity contribution is 5.42. The van der Waals surface area contributed by atoms with Crippen molar-refractivity contribution in [3.05, 3.63) is 41.2 Å². The van der Waals surface area contributed by atoms with Crippen LogP contribution in [0.2, 0.25) is 0 Å². The molecule has 0 fully saturated rings. The maximum absolute atomic E-state index is 5.85. The molecule has 0 radical (unpaired) electrons. The van der Waals surface area contributed by atoms with Gasteiger partial charge in [-0.05, 0) is 48.8 Å². The van der Waals surface area contributed by atoms with Gasteiger partial charge in [-0.2, -0.15) is 0 Å². The first-order valence-corrected chi connectivity index (χ1v) is 8.51. The van der Waals surface area contributed by atoms with Crippen molar-refractivity contribution in [3.8, 4) is 5.75 Å². The minimum atomic E-state index is 0.130. The maximum atomic E-state index is 5.85. The highest BCUT2D eigenvalue weighted by Gasteiger charge is 2.19. The van der Waals surface area contributed by atoms with Gasteiger partial charge < -0.3 is 4.74 Å². The predicted molar refractivity (Wildman–Crippen MR) is 94.1 cm³/mol. The van der Waals surface area contributed by atoms with Gasteiger partial charge in [-0.1, -0.05) is 45.0 Å². The number of hydrogen-bond donors (Lipinski definition) is 0. The van der Waals surface area contributed by atoms with Crippen LogP contribution in [0.3, 0.4) is 0 Å². The first-order valence-electron chi connectivity index (χ1n) is 8.51. The largest absolute Gasteiger partial charge is 0.494 e. The van der Waals surface area contributed by atoms with Gasteiger partial charge in [0.05, 0.1) is 12.3 Å². The topological polar surface area (TPSA) is 39.9 Å². The molecule has 1 unspecified atom stereocenters. The number of rotatable bonds is 6. The lowest BCUT2D eigenvalue weighted by molar-refractivity contribution is 0.334. The molecule has 1 heterocycles. The van der Waals surface area contributed by atoms with Gasteiger partial charge in [0, 0.05) is 12.7 Å². The minimum absolute atomic E-state index is 0.130. The van der Waals surface area contributed by atoms with Crippen molar-refractivity contribution in [2.45, 2.75) is 65.8 Å². The van der Waals surface area contributed by atoms with Crippen LogP contribution in [-0.4, -0.2) is 21.6 Å². The second-order valence-corrected chi connectivity index (χ2v) is 7.11. The molecular formula is C19H29N3O. The molecule has 1 atom stereocenters. The van der Waals surface area contributed by atoms with Crippen LogP contribution in [0, 0.1) is 0 Å². The molecule has 0 N–H and O–H groups in total. The lowest BCUT2D eigenvalue weighted by Gasteiger charge is -2.23. The Kier molecular flexibility index (Phi) is 5.45. The summed E-state index contributed by atoms with van der Waals surface area (Å²) in [5.74, 6) is 1.32. The fraction of sp³-hybridized carbons (Fsp3) is 0.579. The molecule has 2 aromatic rings. The number of benzene rings is 1. The molecule has 0 aliphatic heterocycles. The Hall–Kier alpha value is -1.84. The van der Waals surface area contributed by atoms with Gasteiger partial charge in [0.25, 0.3) is 0 Å². The van der Waals surface area contributed by atoms with E-state index in [2.05, 4.69) is 63.1 Å². The van der Waals surface area contributed by atoms with Crippen LogP contribution in [0.4, 0.5) is 0 Å². The summed E-state index contributed by atoms with van der Waals surface area (Å²) in [5, 5.41) is 8.40. The highest BCUT2D eigenvalue weighted by atomic mass is 16.5. The van der Waals surface area contributed by atoms with Crippen LogP contribution < -0.4 is 4.74 Å². The summed E-state index contributed by atoms with van der Waals surface area (Å²) in [5.41, 5.74) is 3.75. The molecule has 23 heavy (non-hydrogen) atoms. The molecule has 1 aromatic heterocycles. The zero-order valence-corrected chi connectivity index (χ0v) is 15.3. The minimum Gasteiger partial charge on any atom is -0.494 e. The predicted octanol–water partition coefficient (Wildman–Crippen LogP) is 4.34. The van der Waals surface area contributed by atoms with E-state index in [1.807, 2.05) is 17.8 Å². The first kappa shape index (κ1) is 17.5. The van der Waals surface area contributed by atoms with E-state index in [9.17, 15) is 0 Å². The number of hydrogen-bond acceptors (Lipinski definition) is 3. The molecule has 0 aliphatic carbocycles. The van der Waals surface area contributed by atoms with Crippen molar-refractivity contribution >= 4 is 0 Å². The van der Waals surface area contributed by atoms with E-state index in [1.165, 1.54) is 11.1 Å². The summed E-state index contributed by atoms with van der Waals surface area (Å²) in [6, 6.07) is 6.58. The first-order chi connectivity index (χ1) is 10.8. The maximum Gasteiger partial charge on any atom is 0.122 e. The van der Waals surface area contributed by atoms with E-state index >= 15 is 0 Å². The Morgan fingerprint density at radius 2 is 1.96 bits per heavy atom. The lowest BCUT2D eigenvalue weighted by Crippen LogP contribution is -2.13. The van der Waals surface area contributed by atoms with Crippen molar-refractivity contribution in [1.82, 2.24) is 15.0 Å². The van der Waals surface area contributed by atoms with Crippen molar-refractivity contribution in [3.63, 3.8) is 0 Å². The van der Waals surface area contributed by atoms with Crippen LogP contribution in [0.15, 0.2) is 24.4 Å². The van der Waals surface area contributed by atoms with Crippen LogP contribution in [0.5, 0.6) is 5.75 Å². The van der Waals surface area contributed by atoms with Crippen molar-refractivity contribution < 1.29 is 4.74 Å². The Balaban J connectivity index is 2.30. The van der Waals surface area contributed by atoms with E-state index < -0.39 is 0 Å². The second kappa shape index (κ2) is 7.16. The van der Waals surface area contributed by atoms with Gasteiger partial charge in [0.15, 0.2) is 0 Å². The van der Waals surface area contributed by atoms with Crippen molar-refractivity contribution in [2.75, 3.05) is 6.61 Å². The van der Waals surface area contributed by atoms with Crippen LogP contribution >= 0.6 is 0 Å². The summed E-state index contributed by atoms with van der Waals surface area (Å²) in [6.07, 6.45) is 2.90. The summed E-state index contributed by atoms with van der Waals surface area (Å²) >= 11 is 0. The number of ether oxygens (including phenoxy) is 1. The normalized spacial score (nSPS) is 13.1. The molecule has 0 aliphatic rings. The van der Waals surface area contributed by atoms with E-state index in [0.29, 0.717) is 12.5 Å². The summed E-state index contributed by atoms with van der Waals surface area (Å²) < 4.78 is 7.72. The fourth-order valence-corrected chi connectivity index (χ4v) is 2.70. The molecule has 0 bridgehead atoms. The van der Waals surface area contributed by atoms with E-state index in [1.54, 1.807) is 0 Å². The Morgan fingerprint density at radius 1 is 1.22 bits per heavy atom. The van der Waals surface area contributed by atoms with Gasteiger partial charge in [-0.3, -0.25) is 4.68 Å².